The molecule has 1 aromatic rings. The molecule has 1 saturated heterocycles. The van der Waals surface area contributed by atoms with Crippen molar-refractivity contribution < 1.29 is 14.2 Å². The van der Waals surface area contributed by atoms with Crippen molar-refractivity contribution in [2.75, 3.05) is 20.8 Å². The summed E-state index contributed by atoms with van der Waals surface area (Å²) >= 11 is 6.42. The highest BCUT2D eigenvalue weighted by Crippen LogP contribution is 2.36. The van der Waals surface area contributed by atoms with Crippen LogP contribution in [0.2, 0.25) is 0 Å². The highest BCUT2D eigenvalue weighted by atomic mass is 35.5. The number of hydrogen-bond donors (Lipinski definition) is 0. The van der Waals surface area contributed by atoms with Crippen LogP contribution < -0.4 is 9.47 Å². The summed E-state index contributed by atoms with van der Waals surface area (Å²) in [6, 6.07) is 5.75. The van der Waals surface area contributed by atoms with Gasteiger partial charge in [-0.15, -0.1) is 11.6 Å². The number of halogens is 1. The molecule has 2 rings (SSSR count). The van der Waals surface area contributed by atoms with Gasteiger partial charge in [-0.2, -0.15) is 0 Å². The van der Waals surface area contributed by atoms with Crippen molar-refractivity contribution in [2.24, 2.45) is 0 Å². The molecule has 4 heteroatoms. The maximum absolute atomic E-state index is 6.42. The second kappa shape index (κ2) is 5.61. The van der Waals surface area contributed by atoms with Crippen molar-refractivity contribution in [3.8, 4) is 11.5 Å². The smallest absolute Gasteiger partial charge is 0.161 e. The molecule has 0 amide bonds. The molecule has 1 aliphatic heterocycles. The minimum absolute atomic E-state index is 0.106. The van der Waals surface area contributed by atoms with Gasteiger partial charge in [-0.25, -0.2) is 0 Å². The van der Waals surface area contributed by atoms with Gasteiger partial charge in [0.2, 0.25) is 0 Å². The van der Waals surface area contributed by atoms with Gasteiger partial charge in [0.25, 0.3) is 0 Å². The van der Waals surface area contributed by atoms with E-state index in [1.54, 1.807) is 14.2 Å². The Bertz CT molecular complexity index is 375. The highest BCUT2D eigenvalue weighted by Gasteiger charge is 2.26. The van der Waals surface area contributed by atoms with E-state index in [9.17, 15) is 0 Å². The Morgan fingerprint density at radius 3 is 2.65 bits per heavy atom. The first-order valence-corrected chi connectivity index (χ1v) is 6.17. The van der Waals surface area contributed by atoms with Crippen LogP contribution in [0.15, 0.2) is 18.2 Å². The molecule has 0 aliphatic carbocycles. The molecular formula is C13H17ClO3. The van der Waals surface area contributed by atoms with E-state index in [-0.39, 0.29) is 11.5 Å². The predicted octanol–water partition coefficient (Wildman–Crippen LogP) is 3.16. The van der Waals surface area contributed by atoms with E-state index in [1.807, 2.05) is 18.2 Å². The normalized spacial score (nSPS) is 21.2. The molecular weight excluding hydrogens is 240 g/mol. The van der Waals surface area contributed by atoms with Gasteiger partial charge in [0.05, 0.1) is 25.7 Å². The zero-order valence-corrected chi connectivity index (χ0v) is 10.9. The molecule has 1 fully saturated rings. The van der Waals surface area contributed by atoms with E-state index < -0.39 is 0 Å². The van der Waals surface area contributed by atoms with Gasteiger partial charge in [-0.1, -0.05) is 6.07 Å². The SMILES string of the molecule is COc1ccc(C(Cl)C2CCCO2)cc1OC. The second-order valence-electron chi connectivity index (χ2n) is 4.07. The second-order valence-corrected chi connectivity index (χ2v) is 4.54. The van der Waals surface area contributed by atoms with Crippen molar-refractivity contribution in [2.45, 2.75) is 24.3 Å². The van der Waals surface area contributed by atoms with Crippen LogP contribution in [-0.4, -0.2) is 26.9 Å². The van der Waals surface area contributed by atoms with Crippen LogP contribution in [0.3, 0.4) is 0 Å². The molecule has 3 nitrogen and oxygen atoms in total. The maximum atomic E-state index is 6.42. The van der Waals surface area contributed by atoms with Crippen molar-refractivity contribution in [3.05, 3.63) is 23.8 Å². The number of hydrogen-bond acceptors (Lipinski definition) is 3. The van der Waals surface area contributed by atoms with Gasteiger partial charge in [-0.3, -0.25) is 0 Å². The van der Waals surface area contributed by atoms with Crippen LogP contribution in [0.25, 0.3) is 0 Å². The molecule has 1 heterocycles. The molecule has 0 radical (unpaired) electrons. The van der Waals surface area contributed by atoms with Crippen molar-refractivity contribution in [3.63, 3.8) is 0 Å². The van der Waals surface area contributed by atoms with Crippen LogP contribution in [0, 0.1) is 0 Å². The Hall–Kier alpha value is -0.930. The van der Waals surface area contributed by atoms with E-state index in [0.29, 0.717) is 11.5 Å². The average Bonchev–Trinajstić information content (AvgIpc) is 2.90. The monoisotopic (exact) mass is 256 g/mol. The van der Waals surface area contributed by atoms with E-state index in [4.69, 9.17) is 25.8 Å². The lowest BCUT2D eigenvalue weighted by atomic mass is 10.0. The molecule has 2 atom stereocenters. The van der Waals surface area contributed by atoms with Crippen molar-refractivity contribution in [1.82, 2.24) is 0 Å². The molecule has 1 aromatic carbocycles. The van der Waals surface area contributed by atoms with Gasteiger partial charge in [0.15, 0.2) is 11.5 Å². The quantitative estimate of drug-likeness (QED) is 0.775. The van der Waals surface area contributed by atoms with E-state index in [0.717, 1.165) is 25.0 Å². The van der Waals surface area contributed by atoms with Crippen LogP contribution in [-0.2, 0) is 4.74 Å². The first-order valence-electron chi connectivity index (χ1n) is 5.74. The molecule has 1 aliphatic rings. The van der Waals surface area contributed by atoms with E-state index in [2.05, 4.69) is 0 Å². The largest absolute Gasteiger partial charge is 0.493 e. The Kier molecular flexibility index (Phi) is 4.13. The Morgan fingerprint density at radius 2 is 2.06 bits per heavy atom. The summed E-state index contributed by atoms with van der Waals surface area (Å²) in [5.41, 5.74) is 1.01. The third kappa shape index (κ3) is 2.67. The molecule has 0 N–H and O–H groups in total. The Labute approximate surface area is 107 Å². The van der Waals surface area contributed by atoms with Crippen molar-refractivity contribution >= 4 is 11.6 Å². The Balaban J connectivity index is 2.20. The van der Waals surface area contributed by atoms with Gasteiger partial charge < -0.3 is 14.2 Å². The minimum atomic E-state index is -0.127. The van der Waals surface area contributed by atoms with E-state index in [1.165, 1.54) is 0 Å². The molecule has 0 aromatic heterocycles. The lowest BCUT2D eigenvalue weighted by Crippen LogP contribution is -2.12. The summed E-state index contributed by atoms with van der Waals surface area (Å²) < 4.78 is 16.1. The summed E-state index contributed by atoms with van der Waals surface area (Å²) in [4.78, 5) is 0. The van der Waals surface area contributed by atoms with Gasteiger partial charge in [0.1, 0.15) is 0 Å². The summed E-state index contributed by atoms with van der Waals surface area (Å²) in [5, 5.41) is -0.127. The first-order chi connectivity index (χ1) is 8.26. The minimum Gasteiger partial charge on any atom is -0.493 e. The number of alkyl halides is 1. The summed E-state index contributed by atoms with van der Waals surface area (Å²) in [5.74, 6) is 1.42. The molecule has 0 spiro atoms. The standard InChI is InChI=1S/C13H17ClO3/c1-15-10-6-5-9(8-12(10)16-2)13(14)11-4-3-7-17-11/h5-6,8,11,13H,3-4,7H2,1-2H3. The highest BCUT2D eigenvalue weighted by molar-refractivity contribution is 6.21. The summed E-state index contributed by atoms with van der Waals surface area (Å²) in [6.07, 6.45) is 2.21. The van der Waals surface area contributed by atoms with Crippen LogP contribution >= 0.6 is 11.6 Å². The fraction of sp³-hybridized carbons (Fsp3) is 0.538. The maximum Gasteiger partial charge on any atom is 0.161 e. The number of benzene rings is 1. The lowest BCUT2D eigenvalue weighted by molar-refractivity contribution is 0.107. The van der Waals surface area contributed by atoms with Gasteiger partial charge in [0, 0.05) is 6.61 Å². The van der Waals surface area contributed by atoms with Crippen LogP contribution in [0.5, 0.6) is 11.5 Å². The van der Waals surface area contributed by atoms with Crippen molar-refractivity contribution in [1.29, 1.82) is 0 Å². The molecule has 94 valence electrons. The van der Waals surface area contributed by atoms with Gasteiger partial charge in [-0.05, 0) is 30.5 Å². The zero-order chi connectivity index (χ0) is 12.3. The zero-order valence-electron chi connectivity index (χ0n) is 10.1. The average molecular weight is 257 g/mol. The third-order valence-electron chi connectivity index (χ3n) is 3.02. The summed E-state index contributed by atoms with van der Waals surface area (Å²) in [7, 11) is 3.24. The summed E-state index contributed by atoms with van der Waals surface area (Å²) in [6.45, 7) is 0.807. The fourth-order valence-electron chi connectivity index (χ4n) is 2.07. The molecule has 0 bridgehead atoms. The number of rotatable bonds is 4. The van der Waals surface area contributed by atoms with Crippen LogP contribution in [0.4, 0.5) is 0 Å². The van der Waals surface area contributed by atoms with E-state index >= 15 is 0 Å². The Morgan fingerprint density at radius 1 is 1.29 bits per heavy atom. The molecule has 17 heavy (non-hydrogen) atoms. The number of methoxy groups -OCH3 is 2. The molecule has 0 saturated carbocycles. The fourth-order valence-corrected chi connectivity index (χ4v) is 2.41. The first kappa shape index (κ1) is 12.5. The van der Waals surface area contributed by atoms with Crippen LogP contribution in [0.1, 0.15) is 23.8 Å². The lowest BCUT2D eigenvalue weighted by Gasteiger charge is -2.18. The number of ether oxygens (including phenoxy) is 3. The predicted molar refractivity (Wildman–Crippen MR) is 67.1 cm³/mol. The van der Waals surface area contributed by atoms with Gasteiger partial charge >= 0.3 is 0 Å². The third-order valence-corrected chi connectivity index (χ3v) is 3.55. The topological polar surface area (TPSA) is 27.7 Å². The molecule has 2 unspecified atom stereocenters.